The number of rotatable bonds is 11. The van der Waals surface area contributed by atoms with Gasteiger partial charge in [-0.15, -0.1) is 0 Å². The minimum atomic E-state index is -1.13. The van der Waals surface area contributed by atoms with Gasteiger partial charge in [0.1, 0.15) is 24.4 Å². The summed E-state index contributed by atoms with van der Waals surface area (Å²) < 4.78 is 26.5. The number of fused-ring (bicyclic) bond motifs is 1. The number of primary amides is 1. The van der Waals surface area contributed by atoms with E-state index >= 15 is 0 Å². The number of hydrogen-bond acceptors (Lipinski definition) is 6. The van der Waals surface area contributed by atoms with Gasteiger partial charge < -0.3 is 34.4 Å². The van der Waals surface area contributed by atoms with E-state index < -0.39 is 36.6 Å². The SMILES string of the molecule is CO[C@H]1[C@H](OCc2ccccc2)[C@@H](O)[C@H](n2cc(CC(N)=O)c3cccc(Cl)c32)O[C@@H]1COCc1ccccc1. The van der Waals surface area contributed by atoms with E-state index in [2.05, 4.69) is 0 Å². The van der Waals surface area contributed by atoms with E-state index in [4.69, 9.17) is 36.3 Å². The van der Waals surface area contributed by atoms with Crippen LogP contribution < -0.4 is 5.73 Å². The molecule has 0 spiro atoms. The lowest BCUT2D eigenvalue weighted by atomic mass is 9.97. The van der Waals surface area contributed by atoms with Crippen molar-refractivity contribution < 1.29 is 28.8 Å². The van der Waals surface area contributed by atoms with Crippen LogP contribution in [0.2, 0.25) is 5.02 Å². The molecule has 1 aliphatic rings. The molecule has 0 saturated carbocycles. The van der Waals surface area contributed by atoms with E-state index in [1.165, 1.54) is 0 Å². The number of aromatic nitrogens is 1. The van der Waals surface area contributed by atoms with Gasteiger partial charge in [0.15, 0.2) is 6.23 Å². The van der Waals surface area contributed by atoms with Gasteiger partial charge in [-0.1, -0.05) is 84.4 Å². The van der Waals surface area contributed by atoms with Crippen molar-refractivity contribution in [2.75, 3.05) is 13.7 Å². The summed E-state index contributed by atoms with van der Waals surface area (Å²) in [4.78, 5) is 11.8. The second-order valence-electron chi connectivity index (χ2n) is 9.86. The third-order valence-electron chi connectivity index (χ3n) is 7.11. The van der Waals surface area contributed by atoms with Crippen LogP contribution >= 0.6 is 11.6 Å². The van der Waals surface area contributed by atoms with Crippen molar-refractivity contribution in [1.82, 2.24) is 4.57 Å². The number of halogens is 1. The summed E-state index contributed by atoms with van der Waals surface area (Å²) >= 11 is 6.65. The van der Waals surface area contributed by atoms with E-state index in [1.807, 2.05) is 72.8 Å². The first-order chi connectivity index (χ1) is 19.5. The zero-order valence-electron chi connectivity index (χ0n) is 22.2. The van der Waals surface area contributed by atoms with E-state index in [-0.39, 0.29) is 19.6 Å². The maximum atomic E-state index is 11.8. The monoisotopic (exact) mass is 564 g/mol. The maximum absolute atomic E-state index is 11.8. The van der Waals surface area contributed by atoms with Crippen molar-refractivity contribution in [3.8, 4) is 0 Å². The third kappa shape index (κ3) is 6.23. The van der Waals surface area contributed by atoms with Crippen LogP contribution in [0.3, 0.4) is 0 Å². The highest BCUT2D eigenvalue weighted by molar-refractivity contribution is 6.35. The van der Waals surface area contributed by atoms with Gasteiger partial charge in [0.25, 0.3) is 0 Å². The lowest BCUT2D eigenvalue weighted by molar-refractivity contribution is -0.271. The minimum absolute atomic E-state index is 0.0188. The average Bonchev–Trinajstić information content (AvgIpc) is 3.32. The molecule has 4 aromatic rings. The van der Waals surface area contributed by atoms with Crippen LogP contribution in [-0.4, -0.2) is 53.7 Å². The molecule has 210 valence electrons. The minimum Gasteiger partial charge on any atom is -0.386 e. The molecule has 1 aromatic heterocycles. The molecule has 8 nitrogen and oxygen atoms in total. The van der Waals surface area contributed by atoms with Gasteiger partial charge in [-0.05, 0) is 22.8 Å². The summed E-state index contributed by atoms with van der Waals surface area (Å²) in [6, 6.07) is 25.0. The van der Waals surface area contributed by atoms with E-state index in [9.17, 15) is 9.90 Å². The molecule has 3 N–H and O–H groups in total. The fraction of sp³-hybridized carbons (Fsp3) is 0.323. The van der Waals surface area contributed by atoms with Crippen LogP contribution in [-0.2, 0) is 43.4 Å². The Balaban J connectivity index is 1.48. The highest BCUT2D eigenvalue weighted by Gasteiger charge is 2.47. The van der Waals surface area contributed by atoms with Crippen LogP contribution in [0.5, 0.6) is 0 Å². The van der Waals surface area contributed by atoms with Gasteiger partial charge in [0.05, 0.1) is 36.8 Å². The topological polar surface area (TPSA) is 105 Å². The fourth-order valence-electron chi connectivity index (χ4n) is 5.25. The fourth-order valence-corrected chi connectivity index (χ4v) is 5.52. The lowest BCUT2D eigenvalue weighted by Gasteiger charge is -2.44. The summed E-state index contributed by atoms with van der Waals surface area (Å²) in [5.74, 6) is -0.472. The van der Waals surface area contributed by atoms with Crippen molar-refractivity contribution in [3.63, 3.8) is 0 Å². The Labute approximate surface area is 238 Å². The number of aliphatic hydroxyl groups excluding tert-OH is 1. The molecule has 0 aliphatic carbocycles. The Morgan fingerprint density at radius 1 is 0.975 bits per heavy atom. The molecule has 1 aliphatic heterocycles. The third-order valence-corrected chi connectivity index (χ3v) is 7.41. The standard InChI is InChI=1S/C31H33ClN2O6/c1-37-29-25(19-38-17-20-9-4-2-5-10-20)40-31(28(36)30(29)39-18-21-11-6-3-7-12-21)34-16-22(15-26(33)35)23-13-8-14-24(32)27(23)34/h2-14,16,25,28-31,36H,15,17-19H2,1H3,(H2,33,35)/t25-,28-,29-,30-,31-/m1/s1. The second-order valence-corrected chi connectivity index (χ2v) is 10.3. The number of nitrogens with zero attached hydrogens (tertiary/aromatic N) is 1. The molecule has 1 saturated heterocycles. The molecule has 9 heteroatoms. The molecule has 2 heterocycles. The highest BCUT2D eigenvalue weighted by Crippen LogP contribution is 2.38. The average molecular weight is 565 g/mol. The van der Waals surface area contributed by atoms with Crippen molar-refractivity contribution in [1.29, 1.82) is 0 Å². The Kier molecular flexibility index (Phi) is 9.16. The largest absolute Gasteiger partial charge is 0.386 e. The molecule has 0 radical (unpaired) electrons. The quantitative estimate of drug-likeness (QED) is 0.280. The van der Waals surface area contributed by atoms with E-state index in [0.717, 1.165) is 16.5 Å². The van der Waals surface area contributed by atoms with Gasteiger partial charge in [-0.2, -0.15) is 0 Å². The molecule has 5 atom stereocenters. The second kappa shape index (κ2) is 13.0. The van der Waals surface area contributed by atoms with Gasteiger partial charge >= 0.3 is 0 Å². The van der Waals surface area contributed by atoms with E-state index in [1.54, 1.807) is 23.9 Å². The first-order valence-corrected chi connectivity index (χ1v) is 13.5. The Hall–Kier alpha value is -3.24. The van der Waals surface area contributed by atoms with Crippen LogP contribution in [0, 0.1) is 0 Å². The molecule has 5 rings (SSSR count). The van der Waals surface area contributed by atoms with Crippen molar-refractivity contribution >= 4 is 28.4 Å². The Morgan fingerprint density at radius 2 is 1.65 bits per heavy atom. The number of amides is 1. The molecule has 0 unspecified atom stereocenters. The van der Waals surface area contributed by atoms with Crippen LogP contribution in [0.4, 0.5) is 0 Å². The zero-order chi connectivity index (χ0) is 28.1. The number of aliphatic hydroxyl groups is 1. The number of carbonyl (C=O) groups excluding carboxylic acids is 1. The number of carbonyl (C=O) groups is 1. The molecule has 40 heavy (non-hydrogen) atoms. The van der Waals surface area contributed by atoms with Gasteiger partial charge in [0, 0.05) is 18.7 Å². The van der Waals surface area contributed by atoms with Crippen molar-refractivity contribution in [2.45, 2.75) is 50.3 Å². The Morgan fingerprint density at radius 3 is 2.30 bits per heavy atom. The van der Waals surface area contributed by atoms with Crippen LogP contribution in [0.25, 0.3) is 10.9 Å². The van der Waals surface area contributed by atoms with Gasteiger partial charge in [0.2, 0.25) is 5.91 Å². The summed E-state index contributed by atoms with van der Waals surface area (Å²) in [7, 11) is 1.57. The smallest absolute Gasteiger partial charge is 0.221 e. The molecule has 0 bridgehead atoms. The number of hydrogen-bond donors (Lipinski definition) is 2. The number of nitrogens with two attached hydrogens (primary N) is 1. The number of methoxy groups -OCH3 is 1. The lowest BCUT2D eigenvalue weighted by Crippen LogP contribution is -2.58. The Bertz CT molecular complexity index is 1410. The maximum Gasteiger partial charge on any atom is 0.221 e. The number of ether oxygens (including phenoxy) is 4. The predicted octanol–water partition coefficient (Wildman–Crippen LogP) is 4.40. The molecule has 1 amide bonds. The highest BCUT2D eigenvalue weighted by atomic mass is 35.5. The van der Waals surface area contributed by atoms with Gasteiger partial charge in [-0.25, -0.2) is 0 Å². The summed E-state index contributed by atoms with van der Waals surface area (Å²) in [5, 5.41) is 12.9. The molecular formula is C31H33ClN2O6. The van der Waals surface area contributed by atoms with Crippen molar-refractivity contribution in [2.24, 2.45) is 5.73 Å². The molecule has 3 aromatic carbocycles. The summed E-state index contributed by atoms with van der Waals surface area (Å²) in [6.07, 6.45) is -2.21. The summed E-state index contributed by atoms with van der Waals surface area (Å²) in [5.41, 5.74) is 8.84. The van der Waals surface area contributed by atoms with E-state index in [0.29, 0.717) is 22.7 Å². The van der Waals surface area contributed by atoms with Crippen LogP contribution in [0.15, 0.2) is 85.1 Å². The normalized spacial score (nSPS) is 22.9. The number of para-hydroxylation sites is 1. The number of benzene rings is 3. The predicted molar refractivity (Wildman–Crippen MR) is 152 cm³/mol. The summed E-state index contributed by atoms with van der Waals surface area (Å²) in [6.45, 7) is 0.858. The zero-order valence-corrected chi connectivity index (χ0v) is 22.9. The first-order valence-electron chi connectivity index (χ1n) is 13.2. The van der Waals surface area contributed by atoms with Crippen LogP contribution in [0.1, 0.15) is 22.9 Å². The molecule has 1 fully saturated rings. The molecular weight excluding hydrogens is 532 g/mol. The van der Waals surface area contributed by atoms with Crippen molar-refractivity contribution in [3.05, 3.63) is 107 Å². The first kappa shape index (κ1) is 28.3. The van der Waals surface area contributed by atoms with Gasteiger partial charge in [-0.3, -0.25) is 4.79 Å².